The standard InChI is InChI=1S/C19H22N4O2S2/c1-4-13(2)20-17(24)12-27-19-22-21-18(16-10-7-11-26-16)23(19)14-8-5-6-9-15(14)25-3/h5-11,13H,4,12H2,1-3H3,(H,20,24). The number of thiophene rings is 1. The van der Waals surface area contributed by atoms with Crippen molar-refractivity contribution in [2.24, 2.45) is 0 Å². The maximum atomic E-state index is 12.2. The molecule has 0 spiro atoms. The van der Waals surface area contributed by atoms with Gasteiger partial charge < -0.3 is 10.1 Å². The molecule has 0 saturated heterocycles. The number of amides is 1. The number of benzene rings is 1. The van der Waals surface area contributed by atoms with Gasteiger partial charge in [0.2, 0.25) is 5.91 Å². The Labute approximate surface area is 167 Å². The first-order valence-corrected chi connectivity index (χ1v) is 10.6. The molecule has 0 fully saturated rings. The highest BCUT2D eigenvalue weighted by Gasteiger charge is 2.20. The zero-order valence-corrected chi connectivity index (χ0v) is 17.1. The minimum Gasteiger partial charge on any atom is -0.495 e. The molecule has 2 aromatic heterocycles. The Kier molecular flexibility index (Phi) is 6.52. The van der Waals surface area contributed by atoms with Crippen molar-refractivity contribution in [1.29, 1.82) is 0 Å². The van der Waals surface area contributed by atoms with Crippen LogP contribution in [0.2, 0.25) is 0 Å². The van der Waals surface area contributed by atoms with E-state index in [1.165, 1.54) is 11.8 Å². The van der Waals surface area contributed by atoms with Gasteiger partial charge >= 0.3 is 0 Å². The van der Waals surface area contributed by atoms with E-state index in [1.807, 2.05) is 60.2 Å². The molecule has 27 heavy (non-hydrogen) atoms. The molecule has 1 N–H and O–H groups in total. The van der Waals surface area contributed by atoms with Crippen LogP contribution in [0.15, 0.2) is 46.9 Å². The molecule has 8 heteroatoms. The third kappa shape index (κ3) is 4.51. The second-order valence-electron chi connectivity index (χ2n) is 5.96. The second kappa shape index (κ2) is 9.05. The minimum absolute atomic E-state index is 0.0124. The zero-order chi connectivity index (χ0) is 19.2. The molecule has 6 nitrogen and oxygen atoms in total. The van der Waals surface area contributed by atoms with Crippen LogP contribution in [0.25, 0.3) is 16.4 Å². The highest BCUT2D eigenvalue weighted by Crippen LogP contribution is 2.33. The summed E-state index contributed by atoms with van der Waals surface area (Å²) in [5.41, 5.74) is 0.846. The Hall–Kier alpha value is -2.32. The van der Waals surface area contributed by atoms with Crippen molar-refractivity contribution in [1.82, 2.24) is 20.1 Å². The molecule has 0 radical (unpaired) electrons. The number of methoxy groups -OCH3 is 1. The third-order valence-corrected chi connectivity index (χ3v) is 5.85. The van der Waals surface area contributed by atoms with Gasteiger partial charge in [-0.1, -0.05) is 36.9 Å². The topological polar surface area (TPSA) is 69.0 Å². The molecular weight excluding hydrogens is 380 g/mol. The first-order chi connectivity index (χ1) is 13.1. The molecule has 2 heterocycles. The van der Waals surface area contributed by atoms with Crippen LogP contribution in [0, 0.1) is 0 Å². The number of nitrogens with zero attached hydrogens (tertiary/aromatic N) is 3. The predicted octanol–water partition coefficient (Wildman–Crippen LogP) is 4.01. The van der Waals surface area contributed by atoms with Crippen LogP contribution in [-0.2, 0) is 4.79 Å². The number of nitrogens with one attached hydrogen (secondary N) is 1. The van der Waals surface area contributed by atoms with Crippen LogP contribution < -0.4 is 10.1 Å². The highest BCUT2D eigenvalue weighted by atomic mass is 32.2. The summed E-state index contributed by atoms with van der Waals surface area (Å²) in [5.74, 6) is 1.73. The van der Waals surface area contributed by atoms with E-state index in [1.54, 1.807) is 18.4 Å². The molecule has 1 unspecified atom stereocenters. The van der Waals surface area contributed by atoms with Gasteiger partial charge in [-0.05, 0) is 36.9 Å². The molecule has 1 aromatic carbocycles. The Morgan fingerprint density at radius 3 is 2.81 bits per heavy atom. The number of rotatable bonds is 8. The monoisotopic (exact) mass is 402 g/mol. The summed E-state index contributed by atoms with van der Waals surface area (Å²) in [6.45, 7) is 4.04. The number of para-hydroxylation sites is 2. The summed E-state index contributed by atoms with van der Waals surface area (Å²) < 4.78 is 7.48. The average molecular weight is 403 g/mol. The molecule has 142 valence electrons. The van der Waals surface area contributed by atoms with Crippen molar-refractivity contribution in [3.63, 3.8) is 0 Å². The number of carbonyl (C=O) groups is 1. The first kappa shape index (κ1) is 19.4. The van der Waals surface area contributed by atoms with Crippen LogP contribution in [0.3, 0.4) is 0 Å². The summed E-state index contributed by atoms with van der Waals surface area (Å²) in [6, 6.07) is 11.9. The molecule has 0 aliphatic rings. The fourth-order valence-corrected chi connectivity index (χ4v) is 3.96. The lowest BCUT2D eigenvalue weighted by molar-refractivity contribution is -0.119. The summed E-state index contributed by atoms with van der Waals surface area (Å²) in [5, 5.41) is 14.4. The van der Waals surface area contributed by atoms with Gasteiger partial charge in [-0.2, -0.15) is 0 Å². The van der Waals surface area contributed by atoms with Crippen molar-refractivity contribution < 1.29 is 9.53 Å². The van der Waals surface area contributed by atoms with Gasteiger partial charge in [0.25, 0.3) is 0 Å². The summed E-state index contributed by atoms with van der Waals surface area (Å²) >= 11 is 2.96. The number of hydrogen-bond donors (Lipinski definition) is 1. The largest absolute Gasteiger partial charge is 0.495 e. The van der Waals surface area contributed by atoms with E-state index in [-0.39, 0.29) is 17.7 Å². The van der Waals surface area contributed by atoms with Crippen LogP contribution in [0.5, 0.6) is 5.75 Å². The third-order valence-electron chi connectivity index (χ3n) is 4.05. The van der Waals surface area contributed by atoms with Crippen LogP contribution in [0.4, 0.5) is 0 Å². The van der Waals surface area contributed by atoms with Gasteiger partial charge in [-0.15, -0.1) is 21.5 Å². The van der Waals surface area contributed by atoms with E-state index in [4.69, 9.17) is 4.74 Å². The second-order valence-corrected chi connectivity index (χ2v) is 7.85. The number of hydrogen-bond acceptors (Lipinski definition) is 6. The molecular formula is C19H22N4O2S2. The maximum absolute atomic E-state index is 12.2. The summed E-state index contributed by atoms with van der Waals surface area (Å²) in [7, 11) is 1.64. The fraction of sp³-hybridized carbons (Fsp3) is 0.316. The lowest BCUT2D eigenvalue weighted by Crippen LogP contribution is -2.33. The van der Waals surface area contributed by atoms with Crippen LogP contribution in [-0.4, -0.2) is 39.6 Å². The summed E-state index contributed by atoms with van der Waals surface area (Å²) in [6.07, 6.45) is 0.899. The van der Waals surface area contributed by atoms with Crippen molar-refractivity contribution in [3.8, 4) is 22.1 Å². The highest BCUT2D eigenvalue weighted by molar-refractivity contribution is 7.99. The smallest absolute Gasteiger partial charge is 0.230 e. The minimum atomic E-state index is -0.0124. The molecule has 3 rings (SSSR count). The summed E-state index contributed by atoms with van der Waals surface area (Å²) in [4.78, 5) is 13.2. The Morgan fingerprint density at radius 2 is 2.11 bits per heavy atom. The average Bonchev–Trinajstić information content (AvgIpc) is 3.35. The van der Waals surface area contributed by atoms with Crippen molar-refractivity contribution in [3.05, 3.63) is 41.8 Å². The van der Waals surface area contributed by atoms with E-state index in [2.05, 4.69) is 15.5 Å². The Balaban J connectivity index is 1.94. The van der Waals surface area contributed by atoms with E-state index < -0.39 is 0 Å². The molecule has 0 aliphatic heterocycles. The van der Waals surface area contributed by atoms with Crippen molar-refractivity contribution >= 4 is 29.0 Å². The molecule has 1 atom stereocenters. The molecule has 0 saturated carbocycles. The Morgan fingerprint density at radius 1 is 1.30 bits per heavy atom. The fourth-order valence-electron chi connectivity index (χ4n) is 2.51. The van der Waals surface area contributed by atoms with E-state index >= 15 is 0 Å². The van der Waals surface area contributed by atoms with Gasteiger partial charge in [0.1, 0.15) is 5.75 Å². The quantitative estimate of drug-likeness (QED) is 0.577. The lowest BCUT2D eigenvalue weighted by Gasteiger charge is -2.14. The van der Waals surface area contributed by atoms with E-state index in [0.29, 0.717) is 5.16 Å². The normalized spacial score (nSPS) is 12.0. The van der Waals surface area contributed by atoms with Crippen LogP contribution in [0.1, 0.15) is 20.3 Å². The number of thioether (sulfide) groups is 1. The Bertz CT molecular complexity index is 893. The molecule has 1 amide bonds. The molecule has 0 bridgehead atoms. The van der Waals surface area contributed by atoms with Crippen molar-refractivity contribution in [2.75, 3.05) is 12.9 Å². The van der Waals surface area contributed by atoms with Crippen LogP contribution >= 0.6 is 23.1 Å². The van der Waals surface area contributed by atoms with Gasteiger partial charge in [-0.25, -0.2) is 0 Å². The first-order valence-electron chi connectivity index (χ1n) is 8.68. The number of aromatic nitrogens is 3. The van der Waals surface area contributed by atoms with Gasteiger partial charge in [0.15, 0.2) is 11.0 Å². The SMILES string of the molecule is CCC(C)NC(=O)CSc1nnc(-c2cccs2)n1-c1ccccc1OC. The van der Waals surface area contributed by atoms with Gasteiger partial charge in [0.05, 0.1) is 23.4 Å². The zero-order valence-electron chi connectivity index (χ0n) is 15.5. The maximum Gasteiger partial charge on any atom is 0.230 e. The predicted molar refractivity (Wildman–Crippen MR) is 110 cm³/mol. The molecule has 3 aromatic rings. The van der Waals surface area contributed by atoms with Gasteiger partial charge in [-0.3, -0.25) is 9.36 Å². The number of ether oxygens (including phenoxy) is 1. The van der Waals surface area contributed by atoms with Crippen molar-refractivity contribution in [2.45, 2.75) is 31.5 Å². The number of carbonyl (C=O) groups excluding carboxylic acids is 1. The lowest BCUT2D eigenvalue weighted by atomic mass is 10.3. The van der Waals surface area contributed by atoms with E-state index in [9.17, 15) is 4.79 Å². The van der Waals surface area contributed by atoms with Gasteiger partial charge in [0, 0.05) is 6.04 Å². The van der Waals surface area contributed by atoms with E-state index in [0.717, 1.165) is 28.6 Å². The molecule has 0 aliphatic carbocycles.